The van der Waals surface area contributed by atoms with E-state index in [4.69, 9.17) is 5.26 Å². The van der Waals surface area contributed by atoms with Gasteiger partial charge in [0.25, 0.3) is 0 Å². The molecule has 3 rings (SSSR count). The van der Waals surface area contributed by atoms with Crippen molar-refractivity contribution in [3.05, 3.63) is 60.3 Å². The van der Waals surface area contributed by atoms with E-state index in [2.05, 4.69) is 50.6 Å². The molecule has 0 fully saturated rings. The third kappa shape index (κ3) is 5.50. The van der Waals surface area contributed by atoms with Crippen LogP contribution in [0.5, 0.6) is 0 Å². The van der Waals surface area contributed by atoms with Crippen molar-refractivity contribution in [1.29, 1.82) is 5.26 Å². The van der Waals surface area contributed by atoms with E-state index in [0.29, 0.717) is 17.3 Å². The molecule has 0 spiro atoms. The van der Waals surface area contributed by atoms with Crippen LogP contribution in [0.1, 0.15) is 12.0 Å². The van der Waals surface area contributed by atoms with Gasteiger partial charge in [-0.2, -0.15) is 10.2 Å². The smallest absolute Gasteiger partial charge is 0.225 e. The highest BCUT2D eigenvalue weighted by atomic mass is 15.1. The second-order valence-electron chi connectivity index (χ2n) is 6.58. The normalized spacial score (nSPS) is 10.5. The van der Waals surface area contributed by atoms with Gasteiger partial charge in [-0.15, -0.1) is 0 Å². The third-order valence-corrected chi connectivity index (χ3v) is 3.98. The number of hydrogen-bond donors (Lipinski definition) is 2. The molecular formula is C21H23N7. The Balaban J connectivity index is 1.85. The maximum atomic E-state index is 9.10. The second-order valence-corrected chi connectivity index (χ2v) is 6.58. The first-order valence-electron chi connectivity index (χ1n) is 9.10. The summed E-state index contributed by atoms with van der Waals surface area (Å²) in [5.41, 5.74) is 2.88. The monoisotopic (exact) mass is 373 g/mol. The van der Waals surface area contributed by atoms with Gasteiger partial charge in [0.2, 0.25) is 5.95 Å². The summed E-state index contributed by atoms with van der Waals surface area (Å²) in [7, 11) is 4.10. The van der Waals surface area contributed by atoms with Crippen LogP contribution in [0.2, 0.25) is 0 Å². The summed E-state index contributed by atoms with van der Waals surface area (Å²) in [4.78, 5) is 15.7. The Labute approximate surface area is 165 Å². The van der Waals surface area contributed by atoms with Gasteiger partial charge in [0.15, 0.2) is 0 Å². The Morgan fingerprint density at radius 2 is 1.93 bits per heavy atom. The standard InChI is InChI=1S/C21H23N7/c1-28(2)12-6-11-24-21-26-19(18-9-3-4-10-23-18)14-20(27-21)25-17-8-5-7-16(13-17)15-22/h3-5,7-10,13-14H,6,11-12H2,1-2H3,(H2,24,25,26,27). The van der Waals surface area contributed by atoms with Gasteiger partial charge in [-0.25, -0.2) is 4.98 Å². The van der Waals surface area contributed by atoms with Crippen LogP contribution in [0, 0.1) is 11.3 Å². The first kappa shape index (κ1) is 19.3. The summed E-state index contributed by atoms with van der Waals surface area (Å²) in [6.07, 6.45) is 2.72. The Hall–Kier alpha value is -3.50. The van der Waals surface area contributed by atoms with Crippen molar-refractivity contribution in [3.63, 3.8) is 0 Å². The minimum absolute atomic E-state index is 0.542. The number of aromatic nitrogens is 3. The molecule has 3 aromatic rings. The zero-order chi connectivity index (χ0) is 19.8. The molecular weight excluding hydrogens is 350 g/mol. The molecule has 0 saturated carbocycles. The lowest BCUT2D eigenvalue weighted by Crippen LogP contribution is -2.17. The van der Waals surface area contributed by atoms with E-state index in [1.807, 2.05) is 36.4 Å². The number of hydrogen-bond acceptors (Lipinski definition) is 7. The highest BCUT2D eigenvalue weighted by Crippen LogP contribution is 2.22. The number of nitrogens with zero attached hydrogens (tertiary/aromatic N) is 5. The molecule has 142 valence electrons. The lowest BCUT2D eigenvalue weighted by molar-refractivity contribution is 0.405. The molecule has 0 aliphatic rings. The van der Waals surface area contributed by atoms with Crippen LogP contribution in [-0.2, 0) is 0 Å². The van der Waals surface area contributed by atoms with E-state index in [1.165, 1.54) is 0 Å². The van der Waals surface area contributed by atoms with Crippen LogP contribution in [0.4, 0.5) is 17.5 Å². The minimum atomic E-state index is 0.542. The van der Waals surface area contributed by atoms with Crippen molar-refractivity contribution in [2.75, 3.05) is 37.8 Å². The SMILES string of the molecule is CN(C)CCCNc1nc(Nc2cccc(C#N)c2)cc(-c2ccccn2)n1. The van der Waals surface area contributed by atoms with Gasteiger partial charge in [-0.1, -0.05) is 12.1 Å². The molecule has 2 heterocycles. The predicted octanol–water partition coefficient (Wildman–Crippen LogP) is 3.52. The van der Waals surface area contributed by atoms with E-state index < -0.39 is 0 Å². The van der Waals surface area contributed by atoms with Gasteiger partial charge >= 0.3 is 0 Å². The molecule has 7 nitrogen and oxygen atoms in total. The molecule has 0 atom stereocenters. The molecule has 2 N–H and O–H groups in total. The molecule has 0 aliphatic carbocycles. The molecule has 0 amide bonds. The number of rotatable bonds is 8. The molecule has 0 aliphatic heterocycles. The van der Waals surface area contributed by atoms with Crippen LogP contribution in [0.15, 0.2) is 54.7 Å². The van der Waals surface area contributed by atoms with Crippen LogP contribution in [-0.4, -0.2) is 47.0 Å². The van der Waals surface area contributed by atoms with Crippen molar-refractivity contribution in [3.8, 4) is 17.5 Å². The molecule has 7 heteroatoms. The molecule has 0 saturated heterocycles. The zero-order valence-corrected chi connectivity index (χ0v) is 16.1. The summed E-state index contributed by atoms with van der Waals surface area (Å²) in [5.74, 6) is 1.18. The Kier molecular flexibility index (Phi) is 6.50. The van der Waals surface area contributed by atoms with Gasteiger partial charge < -0.3 is 15.5 Å². The molecule has 2 aromatic heterocycles. The first-order valence-corrected chi connectivity index (χ1v) is 9.10. The fourth-order valence-electron chi connectivity index (χ4n) is 2.65. The lowest BCUT2D eigenvalue weighted by atomic mass is 10.2. The summed E-state index contributed by atoms with van der Waals surface area (Å²) in [5, 5.41) is 15.6. The second kappa shape index (κ2) is 9.44. The summed E-state index contributed by atoms with van der Waals surface area (Å²) in [6, 6.07) is 17.0. The topological polar surface area (TPSA) is 89.8 Å². The molecule has 0 bridgehead atoms. The highest BCUT2D eigenvalue weighted by molar-refractivity contribution is 5.65. The molecule has 0 radical (unpaired) electrons. The summed E-state index contributed by atoms with van der Waals surface area (Å²) < 4.78 is 0. The lowest BCUT2D eigenvalue weighted by Gasteiger charge is -2.12. The number of nitrogens with one attached hydrogen (secondary N) is 2. The van der Waals surface area contributed by atoms with Gasteiger partial charge in [-0.05, 0) is 57.4 Å². The number of benzene rings is 1. The van der Waals surface area contributed by atoms with E-state index in [1.54, 1.807) is 18.3 Å². The van der Waals surface area contributed by atoms with E-state index in [9.17, 15) is 0 Å². The highest BCUT2D eigenvalue weighted by Gasteiger charge is 2.08. The number of nitriles is 1. The van der Waals surface area contributed by atoms with Gasteiger partial charge in [-0.3, -0.25) is 4.98 Å². The summed E-state index contributed by atoms with van der Waals surface area (Å²) >= 11 is 0. The van der Waals surface area contributed by atoms with E-state index in [0.717, 1.165) is 36.6 Å². The van der Waals surface area contributed by atoms with Gasteiger partial charge in [0, 0.05) is 24.5 Å². The molecule has 0 unspecified atom stereocenters. The summed E-state index contributed by atoms with van der Waals surface area (Å²) in [6.45, 7) is 1.76. The minimum Gasteiger partial charge on any atom is -0.354 e. The van der Waals surface area contributed by atoms with Gasteiger partial charge in [0.1, 0.15) is 5.82 Å². The van der Waals surface area contributed by atoms with Crippen LogP contribution < -0.4 is 10.6 Å². The Morgan fingerprint density at radius 1 is 1.04 bits per heavy atom. The van der Waals surface area contributed by atoms with E-state index in [-0.39, 0.29) is 0 Å². The van der Waals surface area contributed by atoms with Gasteiger partial charge in [0.05, 0.1) is 23.0 Å². The maximum Gasteiger partial charge on any atom is 0.225 e. The van der Waals surface area contributed by atoms with Crippen molar-refractivity contribution < 1.29 is 0 Å². The maximum absolute atomic E-state index is 9.10. The predicted molar refractivity (Wildman–Crippen MR) is 111 cm³/mol. The molecule has 1 aromatic carbocycles. The zero-order valence-electron chi connectivity index (χ0n) is 16.1. The van der Waals surface area contributed by atoms with Crippen molar-refractivity contribution in [2.24, 2.45) is 0 Å². The fourth-order valence-corrected chi connectivity index (χ4v) is 2.65. The number of pyridine rings is 1. The third-order valence-electron chi connectivity index (χ3n) is 3.98. The number of anilines is 3. The first-order chi connectivity index (χ1) is 13.6. The average molecular weight is 373 g/mol. The average Bonchev–Trinajstić information content (AvgIpc) is 2.72. The van der Waals surface area contributed by atoms with E-state index >= 15 is 0 Å². The Morgan fingerprint density at radius 3 is 2.68 bits per heavy atom. The largest absolute Gasteiger partial charge is 0.354 e. The van der Waals surface area contributed by atoms with Crippen LogP contribution in [0.25, 0.3) is 11.4 Å². The van der Waals surface area contributed by atoms with Crippen molar-refractivity contribution >= 4 is 17.5 Å². The quantitative estimate of drug-likeness (QED) is 0.584. The van der Waals surface area contributed by atoms with Crippen molar-refractivity contribution in [2.45, 2.75) is 6.42 Å². The van der Waals surface area contributed by atoms with Crippen LogP contribution in [0.3, 0.4) is 0 Å². The fraction of sp³-hybridized carbons (Fsp3) is 0.238. The molecule has 28 heavy (non-hydrogen) atoms. The van der Waals surface area contributed by atoms with Crippen molar-refractivity contribution in [1.82, 2.24) is 19.9 Å². The Bertz CT molecular complexity index is 948. The van der Waals surface area contributed by atoms with Crippen LogP contribution >= 0.6 is 0 Å².